The number of nitrogens with zero attached hydrogens (tertiary/aromatic N) is 1. The summed E-state index contributed by atoms with van der Waals surface area (Å²) < 4.78 is 5.27. The molecule has 1 aromatic carbocycles. The Balaban J connectivity index is 2.11. The molecule has 0 bridgehead atoms. The summed E-state index contributed by atoms with van der Waals surface area (Å²) in [4.78, 5) is 21.9. The Morgan fingerprint density at radius 3 is 2.40 bits per heavy atom. The van der Waals surface area contributed by atoms with Crippen molar-refractivity contribution in [3.8, 4) is 0 Å². The smallest absolute Gasteiger partial charge is 0.316 e. The molecular formula is C14H18NO5+. The number of ether oxygens (including phenoxy) is 1. The van der Waals surface area contributed by atoms with Crippen molar-refractivity contribution in [1.82, 2.24) is 0 Å². The first-order valence-corrected chi connectivity index (χ1v) is 6.64. The number of rotatable bonds is 5. The van der Waals surface area contributed by atoms with Gasteiger partial charge in [-0.3, -0.25) is 4.79 Å². The van der Waals surface area contributed by atoms with Gasteiger partial charge in [0.2, 0.25) is 0 Å². The maximum atomic E-state index is 11.4. The minimum atomic E-state index is -0.868. The van der Waals surface area contributed by atoms with E-state index in [-0.39, 0.29) is 10.6 Å². The van der Waals surface area contributed by atoms with E-state index in [1.807, 2.05) is 0 Å². The second kappa shape index (κ2) is 6.47. The van der Waals surface area contributed by atoms with Crippen molar-refractivity contribution in [2.45, 2.75) is 25.2 Å². The highest BCUT2D eigenvalue weighted by atomic mass is 16.6. The number of carboxylic acid groups (broad SMARTS) is 1. The lowest BCUT2D eigenvalue weighted by molar-refractivity contribution is -0.729. The molecule has 0 amide bonds. The van der Waals surface area contributed by atoms with Crippen LogP contribution < -0.4 is 0 Å². The highest BCUT2D eigenvalue weighted by Gasteiger charge is 2.26. The third-order valence-electron chi connectivity index (χ3n) is 3.72. The number of hydrogen-bond donors (Lipinski definition) is 2. The fourth-order valence-corrected chi connectivity index (χ4v) is 2.53. The molecular weight excluding hydrogens is 262 g/mol. The van der Waals surface area contributed by atoms with Gasteiger partial charge in [0.15, 0.2) is 0 Å². The molecule has 1 heterocycles. The monoisotopic (exact) mass is 280 g/mol. The largest absolute Gasteiger partial charge is 0.481 e. The van der Waals surface area contributed by atoms with Crippen LogP contribution in [-0.4, -0.2) is 34.4 Å². The Morgan fingerprint density at radius 1 is 1.30 bits per heavy atom. The molecule has 1 fully saturated rings. The summed E-state index contributed by atoms with van der Waals surface area (Å²) in [6.07, 6.45) is 2.33. The predicted molar refractivity (Wildman–Crippen MR) is 70.1 cm³/mol. The number of benzene rings is 1. The minimum absolute atomic E-state index is 0.0870. The summed E-state index contributed by atoms with van der Waals surface area (Å²) in [5, 5.41) is 18.2. The normalized spacial score (nSPS) is 17.6. The first kappa shape index (κ1) is 14.5. The molecule has 6 nitrogen and oxygen atoms in total. The second-order valence-corrected chi connectivity index (χ2v) is 5.05. The molecule has 2 N–H and O–H groups in total. The van der Waals surface area contributed by atoms with E-state index in [1.165, 1.54) is 12.1 Å². The Morgan fingerprint density at radius 2 is 1.90 bits per heavy atom. The fourth-order valence-electron chi connectivity index (χ4n) is 2.53. The van der Waals surface area contributed by atoms with Crippen molar-refractivity contribution in [1.29, 1.82) is 0 Å². The molecule has 0 aromatic heterocycles. The van der Waals surface area contributed by atoms with E-state index < -0.39 is 11.9 Å². The summed E-state index contributed by atoms with van der Waals surface area (Å²) >= 11 is 0. The number of carboxylic acids is 1. The molecule has 1 aromatic rings. The summed E-state index contributed by atoms with van der Waals surface area (Å²) in [7, 11) is 0. The Bertz CT molecular complexity index is 479. The van der Waals surface area contributed by atoms with Crippen LogP contribution >= 0.6 is 0 Å². The molecule has 1 aliphatic rings. The zero-order chi connectivity index (χ0) is 14.5. The van der Waals surface area contributed by atoms with E-state index in [2.05, 4.69) is 0 Å². The molecule has 20 heavy (non-hydrogen) atoms. The van der Waals surface area contributed by atoms with Gasteiger partial charge in [-0.15, -0.1) is 0 Å². The van der Waals surface area contributed by atoms with Crippen LogP contribution in [0, 0.1) is 10.8 Å². The van der Waals surface area contributed by atoms with E-state index in [0.29, 0.717) is 31.1 Å². The van der Waals surface area contributed by atoms with Gasteiger partial charge in [-0.1, -0.05) is 12.1 Å². The van der Waals surface area contributed by atoms with E-state index in [1.54, 1.807) is 12.1 Å². The molecule has 6 heteroatoms. The third-order valence-corrected chi connectivity index (χ3v) is 3.72. The molecule has 1 atom stereocenters. The second-order valence-electron chi connectivity index (χ2n) is 5.05. The molecule has 0 spiro atoms. The van der Waals surface area contributed by atoms with Crippen molar-refractivity contribution >= 4 is 11.7 Å². The zero-order valence-corrected chi connectivity index (χ0v) is 11.1. The van der Waals surface area contributed by atoms with Gasteiger partial charge in [-0.2, -0.15) is 0 Å². The van der Waals surface area contributed by atoms with E-state index in [0.717, 1.165) is 12.8 Å². The van der Waals surface area contributed by atoms with Gasteiger partial charge < -0.3 is 9.84 Å². The van der Waals surface area contributed by atoms with Gasteiger partial charge in [-0.05, 0) is 30.7 Å². The van der Waals surface area contributed by atoms with Crippen LogP contribution in [0.1, 0.15) is 30.7 Å². The Hall–Kier alpha value is -1.95. The van der Waals surface area contributed by atoms with Gasteiger partial charge in [-0.25, -0.2) is 5.21 Å². The summed E-state index contributed by atoms with van der Waals surface area (Å²) in [5.74, 6) is -1.11. The maximum absolute atomic E-state index is 11.4. The lowest BCUT2D eigenvalue weighted by Crippen LogP contribution is -2.21. The van der Waals surface area contributed by atoms with Gasteiger partial charge in [0.1, 0.15) is 0 Å². The topological polar surface area (TPSA) is 86.8 Å². The highest BCUT2D eigenvalue weighted by molar-refractivity contribution is 5.76. The molecule has 0 aliphatic carbocycles. The van der Waals surface area contributed by atoms with Crippen LogP contribution in [0.5, 0.6) is 0 Å². The van der Waals surface area contributed by atoms with Crippen LogP contribution in [0.3, 0.4) is 0 Å². The van der Waals surface area contributed by atoms with Crippen molar-refractivity contribution in [2.24, 2.45) is 5.92 Å². The van der Waals surface area contributed by atoms with Crippen LogP contribution in [-0.2, 0) is 9.53 Å². The summed E-state index contributed by atoms with van der Waals surface area (Å²) in [6.45, 7) is 1.37. The molecule has 2 rings (SSSR count). The lowest BCUT2D eigenvalue weighted by atomic mass is 9.85. The van der Waals surface area contributed by atoms with Crippen molar-refractivity contribution in [3.63, 3.8) is 0 Å². The molecule has 1 saturated heterocycles. The highest BCUT2D eigenvalue weighted by Crippen LogP contribution is 2.30. The van der Waals surface area contributed by atoms with Crippen molar-refractivity contribution in [3.05, 3.63) is 34.7 Å². The van der Waals surface area contributed by atoms with Gasteiger partial charge >= 0.3 is 11.7 Å². The van der Waals surface area contributed by atoms with E-state index in [4.69, 9.17) is 9.94 Å². The summed E-state index contributed by atoms with van der Waals surface area (Å²) in [6, 6.07) is 5.99. The molecule has 0 radical (unpaired) electrons. The number of aliphatic carboxylic acids is 1. The average Bonchev–Trinajstić information content (AvgIpc) is 2.45. The van der Waals surface area contributed by atoms with Gasteiger partial charge in [0.05, 0.1) is 10.8 Å². The van der Waals surface area contributed by atoms with Crippen molar-refractivity contribution < 1.29 is 24.8 Å². The third kappa shape index (κ3) is 3.54. The first-order valence-electron chi connectivity index (χ1n) is 6.64. The standard InChI is InChI=1S/C14H17NO5/c16-14(17)13(9-10-5-7-20-8-6-10)11-1-3-12(4-2-11)15(18)19/h1-4,10,13H,5-9H2,(H-,16,17,18,19)/p+1. The zero-order valence-electron chi connectivity index (χ0n) is 11.1. The minimum Gasteiger partial charge on any atom is -0.481 e. The first-order chi connectivity index (χ1) is 9.58. The maximum Gasteiger partial charge on any atom is 0.316 e. The van der Waals surface area contributed by atoms with Crippen LogP contribution in [0.15, 0.2) is 24.3 Å². The number of carbonyl (C=O) groups is 1. The van der Waals surface area contributed by atoms with Crippen LogP contribution in [0.25, 0.3) is 0 Å². The SMILES string of the molecule is O=C(O)C(CC1CCOCC1)c1ccc([N+](=O)O)cc1. The number of hydrogen-bond acceptors (Lipinski definition) is 3. The van der Waals surface area contributed by atoms with Gasteiger partial charge in [0, 0.05) is 25.3 Å². The molecule has 1 unspecified atom stereocenters. The summed E-state index contributed by atoms with van der Waals surface area (Å²) in [5.41, 5.74) is 0.735. The molecule has 1 aliphatic heterocycles. The van der Waals surface area contributed by atoms with E-state index >= 15 is 0 Å². The fraction of sp³-hybridized carbons (Fsp3) is 0.500. The quantitative estimate of drug-likeness (QED) is 0.809. The Kier molecular flexibility index (Phi) is 4.68. The lowest BCUT2D eigenvalue weighted by Gasteiger charge is -2.24. The van der Waals surface area contributed by atoms with Crippen LogP contribution in [0.2, 0.25) is 0 Å². The van der Waals surface area contributed by atoms with E-state index in [9.17, 15) is 14.8 Å². The van der Waals surface area contributed by atoms with Crippen LogP contribution in [0.4, 0.5) is 5.69 Å². The Labute approximate surface area is 116 Å². The predicted octanol–water partition coefficient (Wildman–Crippen LogP) is 2.47. The van der Waals surface area contributed by atoms with Crippen molar-refractivity contribution in [2.75, 3.05) is 13.2 Å². The molecule has 0 saturated carbocycles. The molecule has 108 valence electrons. The van der Waals surface area contributed by atoms with Gasteiger partial charge in [0.25, 0.3) is 4.92 Å². The average molecular weight is 280 g/mol.